The van der Waals surface area contributed by atoms with Crippen LogP contribution in [0.25, 0.3) is 5.78 Å². The molecule has 0 saturated carbocycles. The summed E-state index contributed by atoms with van der Waals surface area (Å²) in [7, 11) is 0. The number of aryl methyl sites for hydroxylation is 3. The van der Waals surface area contributed by atoms with E-state index in [-0.39, 0.29) is 13.0 Å². The van der Waals surface area contributed by atoms with Gasteiger partial charge < -0.3 is 10.1 Å². The van der Waals surface area contributed by atoms with Crippen molar-refractivity contribution in [2.45, 2.75) is 27.2 Å². The molecule has 0 bridgehead atoms. The van der Waals surface area contributed by atoms with Gasteiger partial charge in [-0.05, 0) is 73.2 Å². The summed E-state index contributed by atoms with van der Waals surface area (Å²) >= 11 is 2.20. The minimum Gasteiger partial charge on any atom is -0.455 e. The molecule has 0 aliphatic heterocycles. The van der Waals surface area contributed by atoms with E-state index in [9.17, 15) is 9.59 Å². The SMILES string of the molecule is Cc1cc(C)n2nc(CC(=O)OCC(=O)Nc3ccc(I)cc3C)nc2n1. The fourth-order valence-electron chi connectivity index (χ4n) is 2.56. The van der Waals surface area contributed by atoms with E-state index in [4.69, 9.17) is 4.74 Å². The van der Waals surface area contributed by atoms with Gasteiger partial charge in [0.2, 0.25) is 0 Å². The van der Waals surface area contributed by atoms with Crippen LogP contribution in [0.2, 0.25) is 0 Å². The maximum atomic E-state index is 12.0. The van der Waals surface area contributed by atoms with Crippen LogP contribution in [0.3, 0.4) is 0 Å². The van der Waals surface area contributed by atoms with Crippen LogP contribution in [0.15, 0.2) is 24.3 Å². The van der Waals surface area contributed by atoms with Gasteiger partial charge in [0.15, 0.2) is 12.4 Å². The lowest BCUT2D eigenvalue weighted by molar-refractivity contribution is -0.146. The molecule has 0 radical (unpaired) electrons. The summed E-state index contributed by atoms with van der Waals surface area (Å²) in [6.45, 7) is 5.28. The molecule has 0 aliphatic rings. The highest BCUT2D eigenvalue weighted by atomic mass is 127. The lowest BCUT2D eigenvalue weighted by Gasteiger charge is -2.09. The first-order chi connectivity index (χ1) is 12.8. The van der Waals surface area contributed by atoms with Gasteiger partial charge in [0, 0.05) is 20.6 Å². The number of ether oxygens (including phenoxy) is 1. The van der Waals surface area contributed by atoms with Crippen molar-refractivity contribution in [2.75, 3.05) is 11.9 Å². The first kappa shape index (κ1) is 19.2. The number of carbonyl (C=O) groups is 2. The van der Waals surface area contributed by atoms with Crippen molar-refractivity contribution in [3.05, 3.63) is 50.6 Å². The largest absolute Gasteiger partial charge is 0.455 e. The number of anilines is 1. The van der Waals surface area contributed by atoms with E-state index < -0.39 is 11.9 Å². The summed E-state index contributed by atoms with van der Waals surface area (Å²) in [6, 6.07) is 7.53. The number of esters is 1. The van der Waals surface area contributed by atoms with Crippen molar-refractivity contribution in [3.8, 4) is 0 Å². The topological polar surface area (TPSA) is 98.5 Å². The second-order valence-corrected chi connectivity index (χ2v) is 7.37. The number of rotatable bonds is 5. The van der Waals surface area contributed by atoms with Crippen LogP contribution in [-0.4, -0.2) is 38.1 Å². The molecule has 2 aromatic heterocycles. The zero-order chi connectivity index (χ0) is 19.6. The zero-order valence-electron chi connectivity index (χ0n) is 15.1. The van der Waals surface area contributed by atoms with E-state index >= 15 is 0 Å². The lowest BCUT2D eigenvalue weighted by Crippen LogP contribution is -2.22. The predicted molar refractivity (Wildman–Crippen MR) is 107 cm³/mol. The van der Waals surface area contributed by atoms with E-state index in [2.05, 4.69) is 43.0 Å². The quantitative estimate of drug-likeness (QED) is 0.446. The Labute approximate surface area is 169 Å². The predicted octanol–water partition coefficient (Wildman–Crippen LogP) is 2.38. The fourth-order valence-corrected chi connectivity index (χ4v) is 3.21. The molecule has 8 nitrogen and oxygen atoms in total. The normalized spacial score (nSPS) is 10.8. The highest BCUT2D eigenvalue weighted by molar-refractivity contribution is 14.1. The minimum absolute atomic E-state index is 0.127. The Bertz CT molecular complexity index is 1030. The molecular weight excluding hydrogens is 461 g/mol. The molecule has 1 N–H and O–H groups in total. The van der Waals surface area contributed by atoms with E-state index in [0.29, 0.717) is 17.3 Å². The zero-order valence-corrected chi connectivity index (χ0v) is 17.3. The fraction of sp³-hybridized carbons (Fsp3) is 0.278. The molecule has 3 aromatic rings. The lowest BCUT2D eigenvalue weighted by atomic mass is 10.2. The second kappa shape index (κ2) is 7.99. The number of aromatic nitrogens is 4. The Kier molecular flexibility index (Phi) is 5.68. The van der Waals surface area contributed by atoms with Gasteiger partial charge in [0.25, 0.3) is 11.7 Å². The summed E-state index contributed by atoms with van der Waals surface area (Å²) < 4.78 is 7.68. The first-order valence-corrected chi connectivity index (χ1v) is 9.31. The number of benzene rings is 1. The van der Waals surface area contributed by atoms with E-state index in [1.54, 1.807) is 4.52 Å². The van der Waals surface area contributed by atoms with Gasteiger partial charge in [0.05, 0.1) is 0 Å². The molecule has 0 aliphatic carbocycles. The van der Waals surface area contributed by atoms with Crippen LogP contribution < -0.4 is 5.32 Å². The number of hydrogen-bond acceptors (Lipinski definition) is 6. The van der Waals surface area contributed by atoms with Gasteiger partial charge in [-0.25, -0.2) is 9.50 Å². The number of nitrogens with zero attached hydrogens (tertiary/aromatic N) is 4. The Balaban J connectivity index is 1.56. The van der Waals surface area contributed by atoms with Crippen LogP contribution in [-0.2, 0) is 20.7 Å². The number of hydrogen-bond donors (Lipinski definition) is 1. The maximum absolute atomic E-state index is 12.0. The monoisotopic (exact) mass is 479 g/mol. The molecule has 9 heteroatoms. The van der Waals surface area contributed by atoms with Crippen molar-refractivity contribution < 1.29 is 14.3 Å². The average Bonchev–Trinajstić information content (AvgIpc) is 2.98. The molecule has 1 amide bonds. The van der Waals surface area contributed by atoms with E-state index in [1.165, 1.54) is 0 Å². The Morgan fingerprint density at radius 1 is 1.19 bits per heavy atom. The summed E-state index contributed by atoms with van der Waals surface area (Å²) in [6.07, 6.45) is -0.127. The molecule has 0 saturated heterocycles. The van der Waals surface area contributed by atoms with Crippen LogP contribution >= 0.6 is 22.6 Å². The number of carbonyl (C=O) groups excluding carboxylic acids is 2. The highest BCUT2D eigenvalue weighted by Gasteiger charge is 2.14. The van der Waals surface area contributed by atoms with Crippen LogP contribution in [0, 0.1) is 24.3 Å². The number of fused-ring (bicyclic) bond motifs is 1. The van der Waals surface area contributed by atoms with Crippen molar-refractivity contribution >= 4 is 45.9 Å². The summed E-state index contributed by atoms with van der Waals surface area (Å²) in [4.78, 5) is 32.5. The Morgan fingerprint density at radius 2 is 1.96 bits per heavy atom. The third-order valence-electron chi connectivity index (χ3n) is 3.79. The van der Waals surface area contributed by atoms with Gasteiger partial charge in [-0.15, -0.1) is 5.10 Å². The van der Waals surface area contributed by atoms with Crippen LogP contribution in [0.4, 0.5) is 5.69 Å². The van der Waals surface area contributed by atoms with Gasteiger partial charge in [-0.1, -0.05) is 0 Å². The highest BCUT2D eigenvalue weighted by Crippen LogP contribution is 2.17. The molecule has 3 rings (SSSR count). The number of amides is 1. The van der Waals surface area contributed by atoms with Crippen molar-refractivity contribution in [1.29, 1.82) is 0 Å². The molecule has 140 valence electrons. The second-order valence-electron chi connectivity index (χ2n) is 6.12. The summed E-state index contributed by atoms with van der Waals surface area (Å²) in [5, 5.41) is 6.98. The van der Waals surface area contributed by atoms with Gasteiger partial charge in [-0.3, -0.25) is 9.59 Å². The molecule has 2 heterocycles. The summed E-state index contributed by atoms with van der Waals surface area (Å²) in [5.41, 5.74) is 3.32. The molecule has 1 aromatic carbocycles. The van der Waals surface area contributed by atoms with Crippen LogP contribution in [0.5, 0.6) is 0 Å². The minimum atomic E-state index is -0.574. The van der Waals surface area contributed by atoms with Gasteiger partial charge >= 0.3 is 5.97 Å². The van der Waals surface area contributed by atoms with E-state index in [0.717, 1.165) is 20.5 Å². The Hall–Kier alpha value is -2.56. The van der Waals surface area contributed by atoms with Crippen LogP contribution in [0.1, 0.15) is 22.8 Å². The molecule has 0 spiro atoms. The molecule has 0 fully saturated rings. The first-order valence-electron chi connectivity index (χ1n) is 8.23. The third kappa shape index (κ3) is 4.79. The van der Waals surface area contributed by atoms with Gasteiger partial charge in [-0.2, -0.15) is 4.98 Å². The van der Waals surface area contributed by atoms with Crippen molar-refractivity contribution in [3.63, 3.8) is 0 Å². The summed E-state index contributed by atoms with van der Waals surface area (Å²) in [5.74, 6) is -0.240. The van der Waals surface area contributed by atoms with Crippen molar-refractivity contribution in [1.82, 2.24) is 19.6 Å². The standard InChI is InChI=1S/C18H18IN5O3/c1-10-6-13(19)4-5-14(10)21-16(25)9-27-17(26)8-15-22-18-20-11(2)7-12(3)24(18)23-15/h4-7H,8-9H2,1-3H3,(H,21,25). The van der Waals surface area contributed by atoms with E-state index in [1.807, 2.05) is 45.0 Å². The smallest absolute Gasteiger partial charge is 0.314 e. The van der Waals surface area contributed by atoms with Gasteiger partial charge in [0.1, 0.15) is 6.42 Å². The average molecular weight is 479 g/mol. The molecule has 27 heavy (non-hydrogen) atoms. The molecular formula is C18H18IN5O3. The molecule has 0 unspecified atom stereocenters. The Morgan fingerprint density at radius 3 is 2.70 bits per heavy atom. The third-order valence-corrected chi connectivity index (χ3v) is 4.46. The molecule has 0 atom stereocenters. The number of halogens is 1. The van der Waals surface area contributed by atoms with Crippen molar-refractivity contribution in [2.24, 2.45) is 0 Å². The number of nitrogens with one attached hydrogen (secondary N) is 1. The maximum Gasteiger partial charge on any atom is 0.314 e.